The normalized spacial score (nSPS) is 11.7. The molecule has 0 aliphatic carbocycles. The molecule has 11 heteroatoms. The zero-order chi connectivity index (χ0) is 15.9. The lowest BCUT2D eigenvalue weighted by Crippen LogP contribution is -2.23. The summed E-state index contributed by atoms with van der Waals surface area (Å²) in [5.74, 6) is -0.667. The van der Waals surface area contributed by atoms with Gasteiger partial charge in [-0.25, -0.2) is 18.9 Å². The van der Waals surface area contributed by atoms with Gasteiger partial charge in [0.1, 0.15) is 17.7 Å². The minimum atomic E-state index is -3.96. The van der Waals surface area contributed by atoms with Gasteiger partial charge in [-0.1, -0.05) is 11.6 Å². The molecule has 2 heterocycles. The number of hydrogen-bond donors (Lipinski definition) is 2. The van der Waals surface area contributed by atoms with Crippen molar-refractivity contribution in [3.63, 3.8) is 0 Å². The topological polar surface area (TPSA) is 116 Å². The van der Waals surface area contributed by atoms with Crippen LogP contribution < -0.4 is 10.6 Å². The molecule has 3 N–H and O–H groups in total. The lowest BCUT2D eigenvalue weighted by molar-refractivity contribution is 0.594. The van der Waals surface area contributed by atoms with E-state index in [-0.39, 0.29) is 27.2 Å². The molecule has 0 unspecified atom stereocenters. The summed E-state index contributed by atoms with van der Waals surface area (Å²) < 4.78 is 38.4. The molecule has 0 bridgehead atoms. The molecule has 8 nitrogen and oxygen atoms in total. The predicted molar refractivity (Wildman–Crippen MR) is 77.7 cm³/mol. The second-order valence-electron chi connectivity index (χ2n) is 4.21. The van der Waals surface area contributed by atoms with Crippen LogP contribution in [0.5, 0.6) is 0 Å². The Balaban J connectivity index is 2.04. The Morgan fingerprint density at radius 1 is 1.23 bits per heavy atom. The van der Waals surface area contributed by atoms with Gasteiger partial charge in [0.25, 0.3) is 10.0 Å². The second-order valence-corrected chi connectivity index (χ2v) is 6.23. The maximum atomic E-state index is 12.9. The lowest BCUT2D eigenvalue weighted by atomic mass is 10.4. The van der Waals surface area contributed by atoms with Gasteiger partial charge in [0.05, 0.1) is 4.90 Å². The molecular weight excluding hydrogens is 335 g/mol. The number of aromatic nitrogens is 4. The van der Waals surface area contributed by atoms with Crippen LogP contribution in [-0.4, -0.2) is 28.0 Å². The Kier molecular flexibility index (Phi) is 3.34. The van der Waals surface area contributed by atoms with Gasteiger partial charge in [-0.15, -0.1) is 0 Å². The number of nitrogens with zero attached hydrogens (tertiary/aromatic N) is 4. The van der Waals surface area contributed by atoms with Gasteiger partial charge < -0.3 is 5.73 Å². The number of sulfonamides is 1. The van der Waals surface area contributed by atoms with Crippen molar-refractivity contribution in [1.29, 1.82) is 0 Å². The van der Waals surface area contributed by atoms with Gasteiger partial charge in [-0.05, 0) is 24.3 Å². The quantitative estimate of drug-likeness (QED) is 0.689. The van der Waals surface area contributed by atoms with Crippen molar-refractivity contribution in [3.05, 3.63) is 41.6 Å². The van der Waals surface area contributed by atoms with Crippen LogP contribution in [0.2, 0.25) is 5.15 Å². The Hall–Kier alpha value is -2.46. The van der Waals surface area contributed by atoms with Crippen molar-refractivity contribution < 1.29 is 12.8 Å². The summed E-state index contributed by atoms with van der Waals surface area (Å²) in [7, 11) is -3.96. The number of anilines is 1. The van der Waals surface area contributed by atoms with Crippen LogP contribution >= 0.6 is 11.6 Å². The fourth-order valence-electron chi connectivity index (χ4n) is 1.74. The van der Waals surface area contributed by atoms with Crippen LogP contribution in [0.3, 0.4) is 0 Å². The van der Waals surface area contributed by atoms with Crippen LogP contribution in [-0.2, 0) is 10.0 Å². The first kappa shape index (κ1) is 14.5. The van der Waals surface area contributed by atoms with E-state index in [1.165, 1.54) is 6.33 Å². The monoisotopic (exact) mass is 342 g/mol. The van der Waals surface area contributed by atoms with Crippen molar-refractivity contribution in [2.75, 3.05) is 10.6 Å². The highest BCUT2D eigenvalue weighted by molar-refractivity contribution is 7.92. The van der Waals surface area contributed by atoms with Crippen molar-refractivity contribution in [2.45, 2.75) is 4.90 Å². The van der Waals surface area contributed by atoms with Crippen LogP contribution in [0.4, 0.5) is 10.3 Å². The summed E-state index contributed by atoms with van der Waals surface area (Å²) in [6.45, 7) is 0. The largest absolute Gasteiger partial charge is 0.368 e. The maximum Gasteiger partial charge on any atom is 0.275 e. The highest BCUT2D eigenvalue weighted by atomic mass is 35.5. The van der Waals surface area contributed by atoms with E-state index < -0.39 is 15.8 Å². The molecule has 1 aromatic carbocycles. The predicted octanol–water partition coefficient (Wildman–Crippen LogP) is 1.13. The average molecular weight is 343 g/mol. The second kappa shape index (κ2) is 5.07. The molecule has 3 aromatic rings. The lowest BCUT2D eigenvalue weighted by Gasteiger charge is -2.09. The van der Waals surface area contributed by atoms with E-state index in [9.17, 15) is 12.8 Å². The zero-order valence-corrected chi connectivity index (χ0v) is 12.3. The third kappa shape index (κ3) is 2.53. The molecule has 0 radical (unpaired) electrons. The molecule has 0 spiro atoms. The van der Waals surface area contributed by atoms with Crippen LogP contribution in [0, 0.1) is 5.82 Å². The number of fused-ring (bicyclic) bond motifs is 1. The molecule has 114 valence electrons. The minimum Gasteiger partial charge on any atom is -0.368 e. The number of nitrogens with two attached hydrogens (primary N) is 1. The number of imidazole rings is 1. The van der Waals surface area contributed by atoms with Crippen molar-refractivity contribution in [3.8, 4) is 0 Å². The summed E-state index contributed by atoms with van der Waals surface area (Å²) in [5, 5.41) is 0.00206. The minimum absolute atomic E-state index is 0.00206. The van der Waals surface area contributed by atoms with E-state index in [0.717, 1.165) is 28.9 Å². The van der Waals surface area contributed by atoms with Crippen molar-refractivity contribution in [1.82, 2.24) is 19.6 Å². The Morgan fingerprint density at radius 2 is 1.91 bits per heavy atom. The standard InChI is InChI=1S/C11H8ClFN6O2S/c12-9-8-10(17-11(14)16-9)19(5-15-8)18-22(20,21)7-3-1-6(13)2-4-7/h1-5,18H,(H2,14,16,17). The summed E-state index contributed by atoms with van der Waals surface area (Å²) in [6.07, 6.45) is 1.17. The van der Waals surface area contributed by atoms with Gasteiger partial charge in [0.15, 0.2) is 10.8 Å². The highest BCUT2D eigenvalue weighted by Crippen LogP contribution is 2.19. The zero-order valence-electron chi connectivity index (χ0n) is 10.7. The maximum absolute atomic E-state index is 12.9. The van der Waals surface area contributed by atoms with Gasteiger partial charge in [0, 0.05) is 0 Å². The van der Waals surface area contributed by atoms with Crippen LogP contribution in [0.1, 0.15) is 0 Å². The first-order chi connectivity index (χ1) is 10.4. The van der Waals surface area contributed by atoms with Crippen molar-refractivity contribution in [2.24, 2.45) is 0 Å². The fraction of sp³-hybridized carbons (Fsp3) is 0. The molecule has 2 aromatic heterocycles. The summed E-state index contributed by atoms with van der Waals surface area (Å²) in [6, 6.07) is 4.34. The Labute approximate surface area is 128 Å². The molecule has 0 aliphatic rings. The highest BCUT2D eigenvalue weighted by Gasteiger charge is 2.17. The number of benzene rings is 1. The van der Waals surface area contributed by atoms with E-state index >= 15 is 0 Å². The average Bonchev–Trinajstić information content (AvgIpc) is 2.82. The van der Waals surface area contributed by atoms with E-state index in [1.54, 1.807) is 0 Å². The van der Waals surface area contributed by atoms with E-state index in [0.29, 0.717) is 0 Å². The molecule has 0 amide bonds. The Bertz CT molecular complexity index is 957. The Morgan fingerprint density at radius 3 is 2.59 bits per heavy atom. The molecule has 0 fully saturated rings. The van der Waals surface area contributed by atoms with Crippen LogP contribution in [0.15, 0.2) is 35.5 Å². The number of rotatable bonds is 3. The number of nitrogens with one attached hydrogen (secondary N) is 1. The third-order valence-corrected chi connectivity index (χ3v) is 4.31. The fourth-order valence-corrected chi connectivity index (χ4v) is 2.96. The van der Waals surface area contributed by atoms with Gasteiger partial charge in [0.2, 0.25) is 5.95 Å². The SMILES string of the molecule is Nc1nc(Cl)c2ncn(NS(=O)(=O)c3ccc(F)cc3)c2n1. The first-order valence-electron chi connectivity index (χ1n) is 5.81. The third-order valence-electron chi connectivity index (χ3n) is 2.71. The number of hydrogen-bond acceptors (Lipinski definition) is 6. The van der Waals surface area contributed by atoms with E-state index in [1.807, 2.05) is 0 Å². The number of nitrogen functional groups attached to an aromatic ring is 1. The molecule has 0 atom stereocenters. The van der Waals surface area contributed by atoms with Gasteiger partial charge in [-0.2, -0.15) is 18.4 Å². The smallest absolute Gasteiger partial charge is 0.275 e. The molecule has 3 rings (SSSR count). The molecular formula is C11H8ClFN6O2S. The molecule has 22 heavy (non-hydrogen) atoms. The van der Waals surface area contributed by atoms with E-state index in [2.05, 4.69) is 19.8 Å². The van der Waals surface area contributed by atoms with Gasteiger partial charge >= 0.3 is 0 Å². The molecule has 0 aliphatic heterocycles. The van der Waals surface area contributed by atoms with Crippen LogP contribution in [0.25, 0.3) is 11.2 Å². The van der Waals surface area contributed by atoms with Gasteiger partial charge in [-0.3, -0.25) is 0 Å². The van der Waals surface area contributed by atoms with E-state index in [4.69, 9.17) is 17.3 Å². The summed E-state index contributed by atoms with van der Waals surface area (Å²) >= 11 is 5.86. The summed E-state index contributed by atoms with van der Waals surface area (Å²) in [5.41, 5.74) is 5.77. The molecule has 0 saturated heterocycles. The molecule has 0 saturated carbocycles. The number of halogens is 2. The van der Waals surface area contributed by atoms with Crippen molar-refractivity contribution >= 4 is 38.7 Å². The first-order valence-corrected chi connectivity index (χ1v) is 7.67. The summed E-state index contributed by atoms with van der Waals surface area (Å²) in [4.78, 5) is 13.6.